The Bertz CT molecular complexity index is 1690. The largest absolute Gasteiger partial charge is 0.394 e. The van der Waals surface area contributed by atoms with Gasteiger partial charge in [-0.1, -0.05) is 0 Å². The summed E-state index contributed by atoms with van der Waals surface area (Å²) in [7, 11) is 19.2. The predicted molar refractivity (Wildman–Crippen MR) is 295 cm³/mol. The second kappa shape index (κ2) is 35.4. The van der Waals surface area contributed by atoms with E-state index in [1.165, 1.54) is 99.5 Å². The third-order valence-corrected chi connectivity index (χ3v) is 18.2. The third-order valence-electron chi connectivity index (χ3n) is 18.2. The Hall–Kier alpha value is -1.40. The standard InChI is InChI=1S/C56H98O35/c1-64-36-29-22(15-57)78-50(43(36)71-8)86-30-23(16-58)80-52(45(73-10)37(30)65-2)88-32-25(18-60)82-54(47(75-12)39(32)67-4)90-34-27(20-62)84-56(49(77-14)41(34)69-6)91-35-28(21-63)83-55(48(76-13)42(35)70-7)89-33-26(19-61)81-53(46(74-11)40(33)68-5)87-31-24(17-59)79-51(85-29)44(72-9)38(31)66-3/h22-63H,15-21H2,1-14H3/t22-,23-,24-,25-,26-,27-,28-,29-,30-,31-,32-,33-,34-,35-,36+,37+,38+,39+,40+,41+,42+,43-,44-,45-,46-,47-,48-,49-,50-,51-,52-,53-,54-,55-,56-/m1/s1. The van der Waals surface area contributed by atoms with E-state index in [4.69, 9.17) is 133 Å². The maximum Gasteiger partial charge on any atom is 0.187 e. The molecule has 0 amide bonds. The van der Waals surface area contributed by atoms with E-state index in [1.54, 1.807) is 0 Å². The highest BCUT2D eigenvalue weighted by Gasteiger charge is 2.62. The van der Waals surface area contributed by atoms with Crippen molar-refractivity contribution in [1.29, 1.82) is 0 Å². The maximum absolute atomic E-state index is 11.1. The van der Waals surface area contributed by atoms with Crippen LogP contribution >= 0.6 is 0 Å². The number of rotatable bonds is 21. The summed E-state index contributed by atoms with van der Waals surface area (Å²) in [5.41, 5.74) is 0. The zero-order chi connectivity index (χ0) is 66.0. The van der Waals surface area contributed by atoms with Crippen molar-refractivity contribution in [1.82, 2.24) is 0 Å². The van der Waals surface area contributed by atoms with E-state index in [9.17, 15) is 35.7 Å². The minimum atomic E-state index is -1.41. The van der Waals surface area contributed by atoms with Gasteiger partial charge in [0, 0.05) is 99.5 Å². The van der Waals surface area contributed by atoms with E-state index in [-0.39, 0.29) is 0 Å². The van der Waals surface area contributed by atoms with Gasteiger partial charge in [0.1, 0.15) is 171 Å². The second-order valence-corrected chi connectivity index (χ2v) is 22.6. The maximum atomic E-state index is 11.1. The average molecular weight is 1330 g/mol. The third kappa shape index (κ3) is 15.3. The molecule has 0 radical (unpaired) electrons. The Balaban J connectivity index is 1.19. The second-order valence-electron chi connectivity index (χ2n) is 22.6. The van der Waals surface area contributed by atoms with E-state index >= 15 is 0 Å². The lowest BCUT2D eigenvalue weighted by atomic mass is 9.94. The summed E-state index contributed by atoms with van der Waals surface area (Å²) in [5.74, 6) is 0. The van der Waals surface area contributed by atoms with Crippen LogP contribution in [0.4, 0.5) is 0 Å². The summed E-state index contributed by atoms with van der Waals surface area (Å²) in [5, 5.41) is 77.6. The van der Waals surface area contributed by atoms with Crippen LogP contribution in [-0.2, 0) is 133 Å². The van der Waals surface area contributed by atoms with Crippen LogP contribution in [0.3, 0.4) is 0 Å². The molecule has 0 unspecified atom stereocenters. The minimum absolute atomic E-state index is 0.692. The van der Waals surface area contributed by atoms with Gasteiger partial charge in [0.2, 0.25) is 0 Å². The predicted octanol–water partition coefficient (Wildman–Crippen LogP) is -6.07. The van der Waals surface area contributed by atoms with E-state index in [0.29, 0.717) is 0 Å². The highest BCUT2D eigenvalue weighted by molar-refractivity contribution is 5.04. The molecule has 0 aliphatic carbocycles. The monoisotopic (exact) mass is 1330 g/mol. The molecular formula is C56H98O35. The van der Waals surface area contributed by atoms with Crippen molar-refractivity contribution in [2.75, 3.05) is 146 Å². The van der Waals surface area contributed by atoms with E-state index < -0.39 is 261 Å². The smallest absolute Gasteiger partial charge is 0.187 e. The molecule has 21 saturated heterocycles. The Kier molecular flexibility index (Phi) is 29.3. The Labute approximate surface area is 528 Å². The molecule has 21 fully saturated rings. The lowest BCUT2D eigenvalue weighted by molar-refractivity contribution is -0.402. The van der Waals surface area contributed by atoms with Gasteiger partial charge in [0.05, 0.1) is 46.2 Å². The van der Waals surface area contributed by atoms with Crippen molar-refractivity contribution in [3.05, 3.63) is 0 Å². The topological polar surface area (TPSA) is 400 Å². The first-order valence-electron chi connectivity index (χ1n) is 30.0. The van der Waals surface area contributed by atoms with Crippen LogP contribution in [0.25, 0.3) is 0 Å². The minimum Gasteiger partial charge on any atom is -0.394 e. The SMILES string of the molecule is CO[C@@H]1[C@@H](OC)[C@H]2O[C@H]3[C@H](OC)[C@@H](OC)[C@@H](O[C@H]4[C@H](OC)[C@@H](OC)[C@@H](O[C@H]5[C@H](OC)[C@@H](OC)[C@@H](O[C@H]6[C@H](OC)[C@@H](OC)[C@@H](O[C@H]7[C@H](OC)[C@@H](OC)[C@@H](O[C@H]8[C@H](OC)[C@@H](OC)[C@@H](O[C@@H]1[C@@H](CO)O2)O[C@@H]8CO)O[C@@H]7CO)O[C@@H]6CO)O[C@@H]5CO)O[C@@H]4CO)O[C@@H]3CO. The fourth-order valence-electron chi connectivity index (χ4n) is 13.8. The number of hydrogen-bond donors (Lipinski definition) is 7. The van der Waals surface area contributed by atoms with Crippen molar-refractivity contribution in [3.8, 4) is 0 Å². The summed E-state index contributed by atoms with van der Waals surface area (Å²) < 4.78 is 177. The zero-order valence-corrected chi connectivity index (χ0v) is 53.7. The molecule has 7 N–H and O–H groups in total. The zero-order valence-electron chi connectivity index (χ0n) is 53.7. The molecule has 35 nitrogen and oxygen atoms in total. The summed E-state index contributed by atoms with van der Waals surface area (Å²) in [6.07, 6.45) is -43.5. The van der Waals surface area contributed by atoms with Crippen LogP contribution < -0.4 is 0 Å². The molecule has 91 heavy (non-hydrogen) atoms. The van der Waals surface area contributed by atoms with Crippen molar-refractivity contribution in [2.24, 2.45) is 0 Å². The van der Waals surface area contributed by atoms with E-state index in [1.807, 2.05) is 0 Å². The number of hydrogen-bond acceptors (Lipinski definition) is 35. The summed E-state index contributed by atoms with van der Waals surface area (Å²) in [6, 6.07) is 0. The highest BCUT2D eigenvalue weighted by Crippen LogP contribution is 2.42. The van der Waals surface area contributed by atoms with Gasteiger partial charge in [-0.2, -0.15) is 0 Å². The van der Waals surface area contributed by atoms with Crippen LogP contribution in [0.1, 0.15) is 0 Å². The quantitative estimate of drug-likeness (QED) is 0.0562. The first kappa shape index (κ1) is 75.4. The number of aliphatic hydroxyl groups excluding tert-OH is 7. The number of ether oxygens (including phenoxy) is 28. The molecule has 21 aliphatic rings. The molecule has 14 bridgehead atoms. The molecular weight excluding hydrogens is 1230 g/mol. The van der Waals surface area contributed by atoms with Crippen molar-refractivity contribution in [2.45, 2.75) is 215 Å². The fraction of sp³-hybridized carbons (Fsp3) is 1.00. The number of methoxy groups -OCH3 is 14. The first-order chi connectivity index (χ1) is 44.2. The summed E-state index contributed by atoms with van der Waals surface area (Å²) in [4.78, 5) is 0. The fourth-order valence-corrected chi connectivity index (χ4v) is 13.8. The van der Waals surface area contributed by atoms with Gasteiger partial charge in [-0.3, -0.25) is 0 Å². The molecule has 35 heteroatoms. The van der Waals surface area contributed by atoms with Crippen LogP contribution in [0.15, 0.2) is 0 Å². The van der Waals surface area contributed by atoms with Crippen LogP contribution in [-0.4, -0.2) is 396 Å². The highest BCUT2D eigenvalue weighted by atomic mass is 16.8. The molecule has 21 aliphatic heterocycles. The van der Waals surface area contributed by atoms with Gasteiger partial charge in [-0.15, -0.1) is 0 Å². The van der Waals surface area contributed by atoms with Crippen molar-refractivity contribution < 1.29 is 168 Å². The first-order valence-corrected chi connectivity index (χ1v) is 30.0. The van der Waals surface area contributed by atoms with Crippen LogP contribution in [0, 0.1) is 0 Å². The molecule has 21 heterocycles. The van der Waals surface area contributed by atoms with E-state index in [0.717, 1.165) is 0 Å². The Morgan fingerprint density at radius 2 is 0.264 bits per heavy atom. The molecule has 0 saturated carbocycles. The van der Waals surface area contributed by atoms with Gasteiger partial charge in [-0.25, -0.2) is 0 Å². The molecule has 0 spiro atoms. The van der Waals surface area contributed by atoms with Crippen LogP contribution in [0.2, 0.25) is 0 Å². The van der Waals surface area contributed by atoms with Gasteiger partial charge >= 0.3 is 0 Å². The normalized spacial score (nSPS) is 48.7. The molecule has 0 aromatic heterocycles. The molecule has 532 valence electrons. The molecule has 0 aromatic rings. The Morgan fingerprint density at radius 1 is 0.165 bits per heavy atom. The molecule has 0 aromatic carbocycles. The lowest BCUT2D eigenvalue weighted by Gasteiger charge is -2.52. The Morgan fingerprint density at radius 3 is 0.341 bits per heavy atom. The van der Waals surface area contributed by atoms with Gasteiger partial charge in [0.15, 0.2) is 44.0 Å². The van der Waals surface area contributed by atoms with Crippen LogP contribution in [0.5, 0.6) is 0 Å². The molecule has 21 rings (SSSR count). The summed E-state index contributed by atoms with van der Waals surface area (Å²) in [6.45, 7) is -4.84. The van der Waals surface area contributed by atoms with Gasteiger partial charge < -0.3 is 168 Å². The van der Waals surface area contributed by atoms with E-state index in [2.05, 4.69) is 0 Å². The lowest BCUT2D eigenvalue weighted by Crippen LogP contribution is -2.69. The molecule has 35 atom stereocenters. The van der Waals surface area contributed by atoms with Crippen molar-refractivity contribution >= 4 is 0 Å². The van der Waals surface area contributed by atoms with Gasteiger partial charge in [0.25, 0.3) is 0 Å². The number of aliphatic hydroxyl groups is 7. The average Bonchev–Trinajstić information content (AvgIpc) is 0.788. The van der Waals surface area contributed by atoms with Gasteiger partial charge in [-0.05, 0) is 0 Å². The summed E-state index contributed by atoms with van der Waals surface area (Å²) >= 11 is 0. The van der Waals surface area contributed by atoms with Crippen molar-refractivity contribution in [3.63, 3.8) is 0 Å².